The molecule has 2 rings (SSSR count). The first kappa shape index (κ1) is 16.7. The number of sulfonamides is 1. The van der Waals surface area contributed by atoms with Crippen LogP contribution in [0.1, 0.15) is 33.2 Å². The lowest BCUT2D eigenvalue weighted by molar-refractivity contribution is 0.0696. The van der Waals surface area contributed by atoms with Gasteiger partial charge >= 0.3 is 5.97 Å². The molecule has 0 aliphatic carbocycles. The van der Waals surface area contributed by atoms with Crippen molar-refractivity contribution in [1.82, 2.24) is 0 Å². The molecule has 7 heteroatoms. The zero-order chi connectivity index (χ0) is 17.2. The van der Waals surface area contributed by atoms with Crippen molar-refractivity contribution in [2.75, 3.05) is 4.72 Å². The molecule has 0 heterocycles. The Morgan fingerprint density at radius 1 is 1.00 bits per heavy atom. The summed E-state index contributed by atoms with van der Waals surface area (Å²) >= 11 is 0. The first-order valence-electron chi connectivity index (χ1n) is 6.68. The maximum atomic E-state index is 12.4. The zero-order valence-electron chi connectivity index (χ0n) is 12.5. The molecule has 0 spiro atoms. The van der Waals surface area contributed by atoms with E-state index in [1.165, 1.54) is 43.3 Å². The lowest BCUT2D eigenvalue weighted by Crippen LogP contribution is -2.15. The van der Waals surface area contributed by atoms with Crippen LogP contribution in [0.3, 0.4) is 0 Å². The van der Waals surface area contributed by atoms with Crippen LogP contribution in [0.2, 0.25) is 0 Å². The molecule has 0 aliphatic heterocycles. The molecular formula is C16H15NO5S. The number of hydrogen-bond donors (Lipinski definition) is 2. The summed E-state index contributed by atoms with van der Waals surface area (Å²) < 4.78 is 27.3. The summed E-state index contributed by atoms with van der Waals surface area (Å²) in [6.45, 7) is 3.00. The predicted molar refractivity (Wildman–Crippen MR) is 85.4 cm³/mol. The Morgan fingerprint density at radius 3 is 2.09 bits per heavy atom. The molecule has 0 amide bonds. The third-order valence-electron chi connectivity index (χ3n) is 3.27. The van der Waals surface area contributed by atoms with Crippen molar-refractivity contribution in [3.05, 3.63) is 59.2 Å². The van der Waals surface area contributed by atoms with Crippen molar-refractivity contribution >= 4 is 27.5 Å². The van der Waals surface area contributed by atoms with Crippen molar-refractivity contribution in [3.8, 4) is 0 Å². The quantitative estimate of drug-likeness (QED) is 0.819. The number of carboxylic acids is 1. The van der Waals surface area contributed by atoms with Gasteiger partial charge < -0.3 is 5.11 Å². The van der Waals surface area contributed by atoms with Gasteiger partial charge in [0.25, 0.3) is 10.0 Å². The summed E-state index contributed by atoms with van der Waals surface area (Å²) in [5.41, 5.74) is 1.08. The Kier molecular flexibility index (Phi) is 4.51. The summed E-state index contributed by atoms with van der Waals surface area (Å²) in [5, 5.41) is 8.99. The highest BCUT2D eigenvalue weighted by atomic mass is 32.2. The van der Waals surface area contributed by atoms with E-state index in [0.717, 1.165) is 6.07 Å². The molecule has 0 atom stereocenters. The molecule has 120 valence electrons. The lowest BCUT2D eigenvalue weighted by atomic mass is 10.1. The number of anilines is 1. The molecular weight excluding hydrogens is 318 g/mol. The predicted octanol–water partition coefficient (Wildman–Crippen LogP) is 2.70. The number of benzene rings is 2. The number of aryl methyl sites for hydroxylation is 1. The van der Waals surface area contributed by atoms with Crippen LogP contribution in [-0.4, -0.2) is 25.3 Å². The van der Waals surface area contributed by atoms with E-state index in [1.807, 2.05) is 0 Å². The van der Waals surface area contributed by atoms with Gasteiger partial charge in [0.15, 0.2) is 5.78 Å². The molecule has 0 aliphatic rings. The highest BCUT2D eigenvalue weighted by molar-refractivity contribution is 7.92. The molecule has 2 N–H and O–H groups in total. The fourth-order valence-electron chi connectivity index (χ4n) is 2.01. The van der Waals surface area contributed by atoms with Crippen molar-refractivity contribution in [2.45, 2.75) is 18.7 Å². The van der Waals surface area contributed by atoms with Gasteiger partial charge in [-0.05, 0) is 55.8 Å². The summed E-state index contributed by atoms with van der Waals surface area (Å²) in [6.07, 6.45) is 0. The number of nitrogens with one attached hydrogen (secondary N) is 1. The molecule has 2 aromatic carbocycles. The number of aromatic carboxylic acids is 1. The minimum absolute atomic E-state index is 0.104. The van der Waals surface area contributed by atoms with Crippen LogP contribution in [0.15, 0.2) is 47.4 Å². The molecule has 0 saturated carbocycles. The Balaban J connectivity index is 2.37. The van der Waals surface area contributed by atoms with E-state index < -0.39 is 16.0 Å². The topological polar surface area (TPSA) is 101 Å². The van der Waals surface area contributed by atoms with E-state index >= 15 is 0 Å². The summed E-state index contributed by atoms with van der Waals surface area (Å²) in [6, 6.07) is 9.88. The van der Waals surface area contributed by atoms with Crippen LogP contribution < -0.4 is 4.72 Å². The Labute approximate surface area is 133 Å². The number of rotatable bonds is 5. The highest BCUT2D eigenvalue weighted by Gasteiger charge is 2.19. The van der Waals surface area contributed by atoms with Gasteiger partial charge in [0.2, 0.25) is 0 Å². The first-order chi connectivity index (χ1) is 10.7. The van der Waals surface area contributed by atoms with Crippen LogP contribution in [0.4, 0.5) is 5.69 Å². The van der Waals surface area contributed by atoms with Gasteiger partial charge in [-0.3, -0.25) is 9.52 Å². The average Bonchev–Trinajstić information content (AvgIpc) is 2.47. The second kappa shape index (κ2) is 6.21. The summed E-state index contributed by atoms with van der Waals surface area (Å²) in [4.78, 5) is 22.1. The minimum atomic E-state index is -3.93. The van der Waals surface area contributed by atoms with Gasteiger partial charge in [-0.2, -0.15) is 0 Å². The molecule has 23 heavy (non-hydrogen) atoms. The maximum absolute atomic E-state index is 12.4. The fraction of sp³-hybridized carbons (Fsp3) is 0.125. The summed E-state index contributed by atoms with van der Waals surface area (Å²) in [5.74, 6) is -1.32. The van der Waals surface area contributed by atoms with E-state index in [0.29, 0.717) is 11.1 Å². The number of carbonyl (C=O) groups excluding carboxylic acids is 1. The normalized spacial score (nSPS) is 11.0. The van der Waals surface area contributed by atoms with Gasteiger partial charge in [0, 0.05) is 11.3 Å². The monoisotopic (exact) mass is 333 g/mol. The number of carboxylic acid groups (broad SMARTS) is 1. The van der Waals surface area contributed by atoms with E-state index in [4.69, 9.17) is 5.11 Å². The van der Waals surface area contributed by atoms with Crippen LogP contribution >= 0.6 is 0 Å². The molecule has 0 radical (unpaired) electrons. The van der Waals surface area contributed by atoms with Crippen LogP contribution in [0.25, 0.3) is 0 Å². The average molecular weight is 333 g/mol. The van der Waals surface area contributed by atoms with Crippen LogP contribution in [0, 0.1) is 6.92 Å². The van der Waals surface area contributed by atoms with E-state index in [2.05, 4.69) is 4.72 Å². The molecule has 0 aromatic heterocycles. The highest BCUT2D eigenvalue weighted by Crippen LogP contribution is 2.21. The number of ketones is 1. The van der Waals surface area contributed by atoms with E-state index in [9.17, 15) is 18.0 Å². The van der Waals surface area contributed by atoms with Crippen molar-refractivity contribution in [2.24, 2.45) is 0 Å². The molecule has 0 fully saturated rings. The largest absolute Gasteiger partial charge is 0.478 e. The van der Waals surface area contributed by atoms with Crippen LogP contribution in [0.5, 0.6) is 0 Å². The maximum Gasteiger partial charge on any atom is 0.335 e. The van der Waals surface area contributed by atoms with Gasteiger partial charge in [-0.25, -0.2) is 13.2 Å². The smallest absolute Gasteiger partial charge is 0.335 e. The first-order valence-corrected chi connectivity index (χ1v) is 8.17. The van der Waals surface area contributed by atoms with E-state index in [-0.39, 0.29) is 21.9 Å². The molecule has 6 nitrogen and oxygen atoms in total. The third-order valence-corrected chi connectivity index (χ3v) is 4.79. The molecule has 0 bridgehead atoms. The molecule has 2 aromatic rings. The number of hydrogen-bond acceptors (Lipinski definition) is 4. The van der Waals surface area contributed by atoms with Gasteiger partial charge in [0.1, 0.15) is 0 Å². The number of carbonyl (C=O) groups is 2. The second-order valence-electron chi connectivity index (χ2n) is 5.02. The van der Waals surface area contributed by atoms with Gasteiger partial charge in [-0.1, -0.05) is 6.07 Å². The third kappa shape index (κ3) is 3.75. The number of Topliss-reactive ketones (excluding diaryl/α,β-unsaturated/α-hetero) is 1. The van der Waals surface area contributed by atoms with Gasteiger partial charge in [0.05, 0.1) is 10.5 Å². The fourth-order valence-corrected chi connectivity index (χ4v) is 3.34. The summed E-state index contributed by atoms with van der Waals surface area (Å²) in [7, 11) is -3.93. The lowest BCUT2D eigenvalue weighted by Gasteiger charge is -2.11. The second-order valence-corrected chi connectivity index (χ2v) is 6.68. The van der Waals surface area contributed by atoms with Crippen molar-refractivity contribution in [3.63, 3.8) is 0 Å². The standard InChI is InChI=1S/C16H15NO5S/c1-10-3-4-13(16(19)20)9-15(10)23(21,22)17-14-7-5-12(6-8-14)11(2)18/h3-9,17H,1-2H3,(H,19,20). The Morgan fingerprint density at radius 2 is 1.57 bits per heavy atom. The van der Waals surface area contributed by atoms with E-state index in [1.54, 1.807) is 6.92 Å². The Bertz CT molecular complexity index is 870. The van der Waals surface area contributed by atoms with Crippen molar-refractivity contribution in [1.29, 1.82) is 0 Å². The zero-order valence-corrected chi connectivity index (χ0v) is 13.3. The minimum Gasteiger partial charge on any atom is -0.478 e. The molecule has 0 unspecified atom stereocenters. The van der Waals surface area contributed by atoms with Crippen molar-refractivity contribution < 1.29 is 23.1 Å². The SMILES string of the molecule is CC(=O)c1ccc(NS(=O)(=O)c2cc(C(=O)O)ccc2C)cc1. The van der Waals surface area contributed by atoms with Gasteiger partial charge in [-0.15, -0.1) is 0 Å². The Hall–Kier alpha value is -2.67. The van der Waals surface area contributed by atoms with Crippen LogP contribution in [-0.2, 0) is 10.0 Å². The molecule has 0 saturated heterocycles.